The van der Waals surface area contributed by atoms with Crippen molar-refractivity contribution in [1.29, 1.82) is 0 Å². The molecule has 0 amide bonds. The summed E-state index contributed by atoms with van der Waals surface area (Å²) in [6, 6.07) is 4.08. The first-order valence-corrected chi connectivity index (χ1v) is 6.37. The maximum absolute atomic E-state index is 6.32. The van der Waals surface area contributed by atoms with Gasteiger partial charge in [0.05, 0.1) is 5.69 Å². The van der Waals surface area contributed by atoms with Gasteiger partial charge in [0.2, 0.25) is 0 Å². The first-order chi connectivity index (χ1) is 8.07. The van der Waals surface area contributed by atoms with Gasteiger partial charge in [-0.15, -0.1) is 0 Å². The van der Waals surface area contributed by atoms with Gasteiger partial charge in [0.25, 0.3) is 0 Å². The number of nitrogens with zero attached hydrogens (tertiary/aromatic N) is 2. The van der Waals surface area contributed by atoms with Crippen molar-refractivity contribution in [2.24, 2.45) is 5.73 Å². The van der Waals surface area contributed by atoms with Crippen LogP contribution in [0, 0.1) is 6.92 Å². The van der Waals surface area contributed by atoms with E-state index in [1.54, 1.807) is 0 Å². The van der Waals surface area contributed by atoms with Crippen LogP contribution in [0.1, 0.15) is 30.5 Å². The number of nitrogens with two attached hydrogens (primary N) is 1. The van der Waals surface area contributed by atoms with Crippen LogP contribution in [0.3, 0.4) is 0 Å². The van der Waals surface area contributed by atoms with E-state index in [2.05, 4.69) is 11.9 Å². The number of hydrogen-bond acceptors (Lipinski definition) is 2. The summed E-state index contributed by atoms with van der Waals surface area (Å²) in [7, 11) is 0. The lowest BCUT2D eigenvalue weighted by Crippen LogP contribution is -2.22. The third-order valence-electron chi connectivity index (χ3n) is 3.54. The lowest BCUT2D eigenvalue weighted by atomic mass is 10.1. The summed E-state index contributed by atoms with van der Waals surface area (Å²) >= 11 is 6.32. The van der Waals surface area contributed by atoms with Gasteiger partial charge in [0.1, 0.15) is 10.8 Å². The van der Waals surface area contributed by atoms with Crippen LogP contribution in [-0.4, -0.2) is 14.9 Å². The molecule has 0 aliphatic heterocycles. The largest absolute Gasteiger partial charge is 0.325 e. The Labute approximate surface area is 106 Å². The number of aromatic nitrogens is 2. The number of rotatable bonds is 3. The zero-order chi connectivity index (χ0) is 12.0. The fourth-order valence-electron chi connectivity index (χ4n) is 2.10. The van der Waals surface area contributed by atoms with E-state index in [0.29, 0.717) is 0 Å². The van der Waals surface area contributed by atoms with Crippen LogP contribution in [0.4, 0.5) is 0 Å². The van der Waals surface area contributed by atoms with Crippen molar-refractivity contribution < 1.29 is 0 Å². The fourth-order valence-corrected chi connectivity index (χ4v) is 2.38. The summed E-state index contributed by atoms with van der Waals surface area (Å²) in [6.45, 7) is 2.06. The smallest absolute Gasteiger partial charge is 0.138 e. The Morgan fingerprint density at radius 3 is 3.00 bits per heavy atom. The van der Waals surface area contributed by atoms with E-state index in [4.69, 9.17) is 17.3 Å². The Bertz CT molecular complexity index is 569. The molecule has 0 spiro atoms. The molecule has 0 radical (unpaired) electrons. The third-order valence-corrected chi connectivity index (χ3v) is 3.94. The highest BCUT2D eigenvalue weighted by molar-refractivity contribution is 6.30. The summed E-state index contributed by atoms with van der Waals surface area (Å²) in [5.74, 6) is 0. The van der Waals surface area contributed by atoms with Crippen molar-refractivity contribution in [1.82, 2.24) is 9.38 Å². The average molecular weight is 250 g/mol. The number of fused-ring (bicyclic) bond motifs is 1. The van der Waals surface area contributed by atoms with Gasteiger partial charge in [-0.25, -0.2) is 4.98 Å². The standard InChI is InChI=1S/C13H16ClN3/c1-9-3-7-17-11(8-9)16-10(12(17)14)2-4-13(15)5-6-13/h3,7-8H,2,4-6,15H2,1H3. The lowest BCUT2D eigenvalue weighted by molar-refractivity contribution is 0.604. The quantitative estimate of drug-likeness (QED) is 0.909. The van der Waals surface area contributed by atoms with Gasteiger partial charge in [0.15, 0.2) is 0 Å². The molecule has 90 valence electrons. The van der Waals surface area contributed by atoms with Gasteiger partial charge in [-0.05, 0) is 50.3 Å². The number of imidazole rings is 1. The fraction of sp³-hybridized carbons (Fsp3) is 0.462. The number of aryl methyl sites for hydroxylation is 2. The van der Waals surface area contributed by atoms with Crippen LogP contribution in [0.2, 0.25) is 5.15 Å². The topological polar surface area (TPSA) is 43.3 Å². The van der Waals surface area contributed by atoms with E-state index < -0.39 is 0 Å². The van der Waals surface area contributed by atoms with Crippen LogP contribution in [-0.2, 0) is 6.42 Å². The molecule has 1 aliphatic carbocycles. The summed E-state index contributed by atoms with van der Waals surface area (Å²) in [6.07, 6.45) is 6.10. The van der Waals surface area contributed by atoms with Crippen LogP contribution in [0.15, 0.2) is 18.3 Å². The van der Waals surface area contributed by atoms with E-state index in [-0.39, 0.29) is 5.54 Å². The predicted molar refractivity (Wildman–Crippen MR) is 69.4 cm³/mol. The second-order valence-corrected chi connectivity index (χ2v) is 5.50. The number of pyridine rings is 1. The van der Waals surface area contributed by atoms with Crippen molar-refractivity contribution >= 4 is 17.2 Å². The SMILES string of the molecule is Cc1ccn2c(Cl)c(CCC3(N)CC3)nc2c1. The summed E-state index contributed by atoms with van der Waals surface area (Å²) in [5.41, 5.74) is 9.24. The lowest BCUT2D eigenvalue weighted by Gasteiger charge is -2.05. The first-order valence-electron chi connectivity index (χ1n) is 5.99. The Morgan fingerprint density at radius 2 is 2.29 bits per heavy atom. The molecule has 0 atom stereocenters. The van der Waals surface area contributed by atoms with Gasteiger partial charge in [-0.3, -0.25) is 4.40 Å². The molecular formula is C13H16ClN3. The van der Waals surface area contributed by atoms with Gasteiger partial charge in [0, 0.05) is 11.7 Å². The van der Waals surface area contributed by atoms with Gasteiger partial charge < -0.3 is 5.73 Å². The molecule has 17 heavy (non-hydrogen) atoms. The van der Waals surface area contributed by atoms with E-state index in [1.165, 1.54) is 5.56 Å². The van der Waals surface area contributed by atoms with Crippen molar-refractivity contribution in [2.75, 3.05) is 0 Å². The molecule has 2 aromatic heterocycles. The monoisotopic (exact) mass is 249 g/mol. The van der Waals surface area contributed by atoms with Crippen molar-refractivity contribution in [2.45, 2.75) is 38.1 Å². The minimum Gasteiger partial charge on any atom is -0.325 e. The molecule has 1 aliphatic rings. The summed E-state index contributed by atoms with van der Waals surface area (Å²) in [4.78, 5) is 4.58. The molecule has 0 aromatic carbocycles. The molecule has 1 saturated carbocycles. The zero-order valence-corrected chi connectivity index (χ0v) is 10.7. The predicted octanol–water partition coefficient (Wildman–Crippen LogP) is 2.72. The Hall–Kier alpha value is -1.06. The maximum atomic E-state index is 6.32. The second kappa shape index (κ2) is 3.72. The van der Waals surface area contributed by atoms with E-state index in [1.807, 2.05) is 22.7 Å². The molecule has 4 heteroatoms. The maximum Gasteiger partial charge on any atom is 0.138 e. The Balaban J connectivity index is 1.91. The van der Waals surface area contributed by atoms with Crippen LogP contribution < -0.4 is 5.73 Å². The van der Waals surface area contributed by atoms with Crippen LogP contribution >= 0.6 is 11.6 Å². The van der Waals surface area contributed by atoms with Gasteiger partial charge in [-0.2, -0.15) is 0 Å². The number of halogens is 1. The molecule has 3 nitrogen and oxygen atoms in total. The first kappa shape index (κ1) is 11.1. The summed E-state index contributed by atoms with van der Waals surface area (Å²) < 4.78 is 1.93. The van der Waals surface area contributed by atoms with Gasteiger partial charge >= 0.3 is 0 Å². The van der Waals surface area contributed by atoms with E-state index in [9.17, 15) is 0 Å². The highest BCUT2D eigenvalue weighted by Gasteiger charge is 2.37. The van der Waals surface area contributed by atoms with Crippen molar-refractivity contribution in [3.63, 3.8) is 0 Å². The normalized spacial score (nSPS) is 17.6. The Kier molecular flexibility index (Phi) is 2.42. The highest BCUT2D eigenvalue weighted by Crippen LogP contribution is 2.37. The van der Waals surface area contributed by atoms with Crippen LogP contribution in [0.5, 0.6) is 0 Å². The molecule has 3 rings (SSSR count). The molecule has 2 heterocycles. The van der Waals surface area contributed by atoms with Crippen molar-refractivity contribution in [3.8, 4) is 0 Å². The molecule has 0 unspecified atom stereocenters. The molecular weight excluding hydrogens is 234 g/mol. The van der Waals surface area contributed by atoms with Gasteiger partial charge in [-0.1, -0.05) is 11.6 Å². The average Bonchev–Trinajstić information content (AvgIpc) is 2.94. The molecule has 2 N–H and O–H groups in total. The number of hydrogen-bond donors (Lipinski definition) is 1. The Morgan fingerprint density at radius 1 is 1.53 bits per heavy atom. The second-order valence-electron chi connectivity index (χ2n) is 5.14. The van der Waals surface area contributed by atoms with Crippen LogP contribution in [0.25, 0.3) is 5.65 Å². The molecule has 1 fully saturated rings. The molecule has 0 saturated heterocycles. The molecule has 2 aromatic rings. The summed E-state index contributed by atoms with van der Waals surface area (Å²) in [5, 5.41) is 0.726. The zero-order valence-electron chi connectivity index (χ0n) is 9.91. The van der Waals surface area contributed by atoms with E-state index in [0.717, 1.165) is 42.2 Å². The third kappa shape index (κ3) is 2.05. The van der Waals surface area contributed by atoms with Crippen molar-refractivity contribution in [3.05, 3.63) is 34.7 Å². The minimum atomic E-state index is 0.0645. The molecule has 0 bridgehead atoms. The minimum absolute atomic E-state index is 0.0645. The van der Waals surface area contributed by atoms with E-state index >= 15 is 0 Å². The highest BCUT2D eigenvalue weighted by atomic mass is 35.5.